The molecule has 0 saturated heterocycles. The topological polar surface area (TPSA) is 130 Å². The maximum atomic E-state index is 11.1. The molecular weight excluding hydrogens is 278 g/mol. The minimum atomic E-state index is -1.36. The predicted molar refractivity (Wildman–Crippen MR) is 65.7 cm³/mol. The van der Waals surface area contributed by atoms with Gasteiger partial charge in [0.25, 0.3) is 0 Å². The first kappa shape index (κ1) is 17.2. The van der Waals surface area contributed by atoms with Crippen LogP contribution in [0.5, 0.6) is 0 Å². The number of aliphatic carboxylic acids is 2. The molecule has 0 rings (SSSR count). The molecule has 0 radical (unpaired) electrons. The smallest absolute Gasteiger partial charge is 0.327 e. The number of methoxy groups -OCH3 is 1. The van der Waals surface area contributed by atoms with Gasteiger partial charge in [-0.15, -0.1) is 0 Å². The average molecular weight is 293 g/mol. The lowest BCUT2D eigenvalue weighted by Gasteiger charge is -2.14. The van der Waals surface area contributed by atoms with E-state index in [0.29, 0.717) is 0 Å². The number of carbonyl (C=O) groups excluding carboxylic acids is 2. The number of carboxylic acid groups (broad SMARTS) is 2. The quantitative estimate of drug-likeness (QED) is 0.391. The summed E-state index contributed by atoms with van der Waals surface area (Å²) in [5.41, 5.74) is 0. The molecule has 0 spiro atoms. The Hall–Kier alpha value is -1.77. The number of esters is 1. The Morgan fingerprint density at radius 1 is 1.16 bits per heavy atom. The number of nitrogens with one attached hydrogen (secondary N) is 1. The van der Waals surface area contributed by atoms with Gasteiger partial charge in [0.15, 0.2) is 5.92 Å². The molecule has 0 aromatic carbocycles. The van der Waals surface area contributed by atoms with Gasteiger partial charge in [-0.05, 0) is 0 Å². The molecule has 19 heavy (non-hydrogen) atoms. The van der Waals surface area contributed by atoms with E-state index in [0.717, 1.165) is 18.9 Å². The van der Waals surface area contributed by atoms with Gasteiger partial charge >= 0.3 is 17.9 Å². The van der Waals surface area contributed by atoms with Gasteiger partial charge in [-0.2, -0.15) is 11.8 Å². The Morgan fingerprint density at radius 3 is 2.11 bits per heavy atom. The van der Waals surface area contributed by atoms with Crippen LogP contribution in [0.1, 0.15) is 6.92 Å². The van der Waals surface area contributed by atoms with Crippen molar-refractivity contribution in [2.75, 3.05) is 18.6 Å². The first-order chi connectivity index (χ1) is 8.79. The number of hydrogen-bond acceptors (Lipinski definition) is 6. The lowest BCUT2D eigenvalue weighted by Crippen LogP contribution is -2.41. The summed E-state index contributed by atoms with van der Waals surface area (Å²) in [6.07, 6.45) is 0. The normalized spacial score (nSPS) is 13.2. The van der Waals surface area contributed by atoms with Crippen molar-refractivity contribution < 1.29 is 34.1 Å². The van der Waals surface area contributed by atoms with Crippen molar-refractivity contribution in [3.05, 3.63) is 0 Å². The highest BCUT2D eigenvalue weighted by molar-refractivity contribution is 7.99. The van der Waals surface area contributed by atoms with Crippen LogP contribution in [-0.2, 0) is 23.9 Å². The number of carboxylic acids is 2. The van der Waals surface area contributed by atoms with Gasteiger partial charge in [0, 0.05) is 18.4 Å². The third-order valence-electron chi connectivity index (χ3n) is 2.03. The molecule has 0 aromatic heterocycles. The second kappa shape index (κ2) is 8.35. The number of ether oxygens (including phenoxy) is 1. The summed E-state index contributed by atoms with van der Waals surface area (Å²) in [5.74, 6) is -5.51. The van der Waals surface area contributed by atoms with E-state index in [1.807, 2.05) is 0 Å². The second-order valence-corrected chi connectivity index (χ2v) is 4.62. The van der Waals surface area contributed by atoms with E-state index in [2.05, 4.69) is 10.1 Å². The van der Waals surface area contributed by atoms with E-state index in [1.165, 1.54) is 6.92 Å². The van der Waals surface area contributed by atoms with Crippen LogP contribution >= 0.6 is 11.8 Å². The molecule has 9 heteroatoms. The number of rotatable bonds is 8. The second-order valence-electron chi connectivity index (χ2n) is 3.54. The minimum Gasteiger partial charge on any atom is -0.481 e. The average Bonchev–Trinajstić information content (AvgIpc) is 2.30. The number of thioether (sulfide) groups is 1. The summed E-state index contributed by atoms with van der Waals surface area (Å²) in [6, 6.07) is -1.13. The Labute approximate surface area is 113 Å². The van der Waals surface area contributed by atoms with Crippen LogP contribution in [0.25, 0.3) is 0 Å². The molecule has 0 aliphatic heterocycles. The molecule has 3 N–H and O–H groups in total. The molecule has 0 aliphatic carbocycles. The molecule has 1 amide bonds. The van der Waals surface area contributed by atoms with Gasteiger partial charge in [0.1, 0.15) is 6.04 Å². The van der Waals surface area contributed by atoms with Crippen LogP contribution in [-0.4, -0.2) is 58.7 Å². The van der Waals surface area contributed by atoms with Crippen LogP contribution in [0, 0.1) is 5.92 Å². The molecule has 0 fully saturated rings. The highest BCUT2D eigenvalue weighted by Gasteiger charge is 2.28. The Balaban J connectivity index is 4.36. The summed E-state index contributed by atoms with van der Waals surface area (Å²) in [4.78, 5) is 43.5. The minimum absolute atomic E-state index is 0.0459. The zero-order valence-electron chi connectivity index (χ0n) is 10.4. The fraction of sp³-hybridized carbons (Fsp3) is 0.600. The summed E-state index contributed by atoms with van der Waals surface area (Å²) in [6.45, 7) is 1.18. The molecule has 0 bridgehead atoms. The fourth-order valence-electron chi connectivity index (χ4n) is 1.11. The summed E-state index contributed by atoms with van der Waals surface area (Å²) in [5, 5.41) is 19.8. The highest BCUT2D eigenvalue weighted by atomic mass is 32.2. The van der Waals surface area contributed by atoms with Gasteiger partial charge < -0.3 is 20.3 Å². The first-order valence-corrected chi connectivity index (χ1v) is 6.33. The Bertz CT molecular complexity index is 371. The number of amides is 1. The largest absolute Gasteiger partial charge is 0.481 e. The summed E-state index contributed by atoms with van der Waals surface area (Å²) in [7, 11) is 1.07. The lowest BCUT2D eigenvalue weighted by atomic mass is 10.2. The van der Waals surface area contributed by atoms with Crippen molar-refractivity contribution in [3.8, 4) is 0 Å². The molecule has 0 aromatic rings. The predicted octanol–water partition coefficient (Wildman–Crippen LogP) is -0.817. The zero-order chi connectivity index (χ0) is 15.0. The van der Waals surface area contributed by atoms with Crippen molar-refractivity contribution in [2.24, 2.45) is 5.92 Å². The lowest BCUT2D eigenvalue weighted by molar-refractivity contribution is -0.155. The molecular formula is C10H15NO7S. The SMILES string of the molecule is COC(=O)C(CSC[C@H](NC(C)=O)C(=O)O)C(=O)O. The van der Waals surface area contributed by atoms with Crippen LogP contribution in [0.15, 0.2) is 0 Å². The van der Waals surface area contributed by atoms with E-state index in [4.69, 9.17) is 10.2 Å². The first-order valence-electron chi connectivity index (χ1n) is 5.17. The van der Waals surface area contributed by atoms with Gasteiger partial charge in [-0.3, -0.25) is 14.4 Å². The van der Waals surface area contributed by atoms with Crippen molar-refractivity contribution in [1.82, 2.24) is 5.32 Å². The van der Waals surface area contributed by atoms with Gasteiger partial charge in [-0.25, -0.2) is 4.79 Å². The summed E-state index contributed by atoms with van der Waals surface area (Å²) >= 11 is 0.935. The Kier molecular flexibility index (Phi) is 7.57. The molecule has 0 heterocycles. The number of carbonyl (C=O) groups is 4. The maximum absolute atomic E-state index is 11.1. The third-order valence-corrected chi connectivity index (χ3v) is 3.17. The van der Waals surface area contributed by atoms with E-state index in [1.54, 1.807) is 0 Å². The Morgan fingerprint density at radius 2 is 1.74 bits per heavy atom. The van der Waals surface area contributed by atoms with Crippen LogP contribution in [0.3, 0.4) is 0 Å². The molecule has 0 aliphatic rings. The molecule has 0 saturated carbocycles. The van der Waals surface area contributed by atoms with Crippen molar-refractivity contribution in [3.63, 3.8) is 0 Å². The van der Waals surface area contributed by atoms with E-state index in [-0.39, 0.29) is 11.5 Å². The fourth-order valence-corrected chi connectivity index (χ4v) is 2.22. The zero-order valence-corrected chi connectivity index (χ0v) is 11.2. The van der Waals surface area contributed by atoms with E-state index >= 15 is 0 Å². The molecule has 108 valence electrons. The van der Waals surface area contributed by atoms with E-state index in [9.17, 15) is 19.2 Å². The molecule has 2 atom stereocenters. The monoisotopic (exact) mass is 293 g/mol. The standard InChI is InChI=1S/C10H15NO7S/c1-5(12)11-7(9(15)16)4-19-3-6(8(13)14)10(17)18-2/h6-7H,3-4H2,1-2H3,(H,11,12)(H,13,14)(H,15,16)/t6?,7-/m0/s1. The van der Waals surface area contributed by atoms with Gasteiger partial charge in [0.05, 0.1) is 7.11 Å². The van der Waals surface area contributed by atoms with Crippen molar-refractivity contribution in [1.29, 1.82) is 0 Å². The third kappa shape index (κ3) is 6.65. The van der Waals surface area contributed by atoms with Crippen molar-refractivity contribution >= 4 is 35.6 Å². The highest BCUT2D eigenvalue weighted by Crippen LogP contribution is 2.12. The molecule has 8 nitrogen and oxygen atoms in total. The number of hydrogen-bond donors (Lipinski definition) is 3. The maximum Gasteiger partial charge on any atom is 0.327 e. The summed E-state index contributed by atoms with van der Waals surface area (Å²) < 4.78 is 4.32. The van der Waals surface area contributed by atoms with Crippen molar-refractivity contribution in [2.45, 2.75) is 13.0 Å². The van der Waals surface area contributed by atoms with Crippen LogP contribution in [0.2, 0.25) is 0 Å². The van der Waals surface area contributed by atoms with Crippen LogP contribution in [0.4, 0.5) is 0 Å². The van der Waals surface area contributed by atoms with Crippen LogP contribution < -0.4 is 5.32 Å². The molecule has 1 unspecified atom stereocenters. The van der Waals surface area contributed by atoms with Gasteiger partial charge in [-0.1, -0.05) is 0 Å². The van der Waals surface area contributed by atoms with Gasteiger partial charge in [0.2, 0.25) is 5.91 Å². The van der Waals surface area contributed by atoms with E-state index < -0.39 is 35.8 Å².